The zero-order valence-corrected chi connectivity index (χ0v) is 15.1. The molecule has 0 saturated heterocycles. The maximum atomic E-state index is 4.10. The number of aromatic nitrogens is 5. The molecule has 24 heavy (non-hydrogen) atoms. The van der Waals surface area contributed by atoms with Gasteiger partial charge in [-0.05, 0) is 47.7 Å². The number of aryl methyl sites for hydroxylation is 1. The van der Waals surface area contributed by atoms with Crippen molar-refractivity contribution in [3.8, 4) is 5.69 Å². The number of para-hydroxylation sites is 1. The van der Waals surface area contributed by atoms with Crippen LogP contribution in [0.5, 0.6) is 0 Å². The molecule has 2 aromatic heterocycles. The van der Waals surface area contributed by atoms with Gasteiger partial charge < -0.3 is 9.88 Å². The Morgan fingerprint density at radius 2 is 1.96 bits per heavy atom. The number of benzene rings is 1. The number of thioether (sulfide) groups is 1. The highest BCUT2D eigenvalue weighted by atomic mass is 35.5. The van der Waals surface area contributed by atoms with Crippen LogP contribution in [0.3, 0.4) is 0 Å². The smallest absolute Gasteiger partial charge is 0.214 e. The third-order valence-corrected chi connectivity index (χ3v) is 4.53. The van der Waals surface area contributed by atoms with Crippen LogP contribution in [0.25, 0.3) is 5.69 Å². The Labute approximate surface area is 152 Å². The van der Waals surface area contributed by atoms with Crippen molar-refractivity contribution in [3.63, 3.8) is 0 Å². The number of rotatable bonds is 8. The molecule has 0 aliphatic carbocycles. The quantitative estimate of drug-likeness (QED) is 0.492. The number of nitrogens with one attached hydrogen (secondary N) is 1. The third-order valence-electron chi connectivity index (χ3n) is 3.53. The normalized spacial score (nSPS) is 10.5. The van der Waals surface area contributed by atoms with Gasteiger partial charge in [-0.3, -0.25) is 0 Å². The van der Waals surface area contributed by atoms with Gasteiger partial charge in [0.05, 0.1) is 5.69 Å². The van der Waals surface area contributed by atoms with Crippen LogP contribution in [0.2, 0.25) is 0 Å². The van der Waals surface area contributed by atoms with E-state index in [1.807, 2.05) is 30.3 Å². The largest absolute Gasteiger partial charge is 0.353 e. The Hall–Kier alpha value is -1.83. The van der Waals surface area contributed by atoms with Crippen LogP contribution in [-0.2, 0) is 13.6 Å². The van der Waals surface area contributed by atoms with Gasteiger partial charge in [-0.25, -0.2) is 0 Å². The number of tetrazole rings is 1. The minimum Gasteiger partial charge on any atom is -0.353 e. The van der Waals surface area contributed by atoms with Crippen molar-refractivity contribution in [1.29, 1.82) is 0 Å². The Balaban J connectivity index is 0.00000208. The fraction of sp³-hybridized carbons (Fsp3) is 0.312. The van der Waals surface area contributed by atoms with E-state index >= 15 is 0 Å². The summed E-state index contributed by atoms with van der Waals surface area (Å²) in [7, 11) is 2.07. The topological polar surface area (TPSA) is 60.6 Å². The first-order valence-electron chi connectivity index (χ1n) is 7.62. The monoisotopic (exact) mass is 364 g/mol. The van der Waals surface area contributed by atoms with Gasteiger partial charge in [0.25, 0.3) is 0 Å². The lowest BCUT2D eigenvalue weighted by Crippen LogP contribution is -2.17. The predicted octanol–water partition coefficient (Wildman–Crippen LogP) is 2.69. The van der Waals surface area contributed by atoms with Crippen LogP contribution in [0.1, 0.15) is 12.1 Å². The summed E-state index contributed by atoms with van der Waals surface area (Å²) in [5.74, 6) is 0.980. The van der Waals surface area contributed by atoms with Crippen molar-refractivity contribution in [1.82, 2.24) is 30.1 Å². The summed E-state index contributed by atoms with van der Waals surface area (Å²) in [4.78, 5) is 0. The Morgan fingerprint density at radius 1 is 1.12 bits per heavy atom. The van der Waals surface area contributed by atoms with Crippen LogP contribution >= 0.6 is 24.2 Å². The molecule has 8 heteroatoms. The summed E-state index contributed by atoms with van der Waals surface area (Å²) in [6, 6.07) is 14.2. The summed E-state index contributed by atoms with van der Waals surface area (Å²) in [6.45, 7) is 1.88. The van der Waals surface area contributed by atoms with E-state index in [4.69, 9.17) is 0 Å². The molecule has 0 fully saturated rings. The second-order valence-corrected chi connectivity index (χ2v) is 6.26. The van der Waals surface area contributed by atoms with Gasteiger partial charge in [-0.15, -0.1) is 17.5 Å². The minimum atomic E-state index is 0. The number of hydrogen-bond acceptors (Lipinski definition) is 5. The van der Waals surface area contributed by atoms with Gasteiger partial charge in [0.1, 0.15) is 0 Å². The molecule has 0 radical (unpaired) electrons. The lowest BCUT2D eigenvalue weighted by molar-refractivity contribution is 0.646. The lowest BCUT2D eigenvalue weighted by Gasteiger charge is -2.06. The third kappa shape index (κ3) is 4.83. The van der Waals surface area contributed by atoms with Crippen LogP contribution < -0.4 is 5.32 Å². The second-order valence-electron chi connectivity index (χ2n) is 5.20. The molecule has 6 nitrogen and oxygen atoms in total. The maximum Gasteiger partial charge on any atom is 0.214 e. The average Bonchev–Trinajstić information content (AvgIpc) is 3.21. The van der Waals surface area contributed by atoms with Crippen molar-refractivity contribution in [2.75, 3.05) is 12.3 Å². The first kappa shape index (κ1) is 18.5. The molecule has 1 aromatic carbocycles. The van der Waals surface area contributed by atoms with Crippen LogP contribution in [0.15, 0.2) is 53.8 Å². The molecule has 0 spiro atoms. The molecule has 2 heterocycles. The van der Waals surface area contributed by atoms with Crippen molar-refractivity contribution in [2.45, 2.75) is 18.1 Å². The highest BCUT2D eigenvalue weighted by Gasteiger charge is 2.07. The van der Waals surface area contributed by atoms with Crippen molar-refractivity contribution in [3.05, 3.63) is 54.4 Å². The fourth-order valence-electron chi connectivity index (χ4n) is 2.26. The van der Waals surface area contributed by atoms with Gasteiger partial charge in [-0.1, -0.05) is 30.0 Å². The highest BCUT2D eigenvalue weighted by Crippen LogP contribution is 2.18. The predicted molar refractivity (Wildman–Crippen MR) is 98.9 cm³/mol. The van der Waals surface area contributed by atoms with E-state index in [0.717, 1.165) is 36.1 Å². The van der Waals surface area contributed by atoms with E-state index < -0.39 is 0 Å². The van der Waals surface area contributed by atoms with E-state index in [1.54, 1.807) is 16.4 Å². The molecule has 0 aliphatic rings. The van der Waals surface area contributed by atoms with Crippen molar-refractivity contribution in [2.24, 2.45) is 7.05 Å². The minimum absolute atomic E-state index is 0. The molecular formula is C16H21ClN6S. The summed E-state index contributed by atoms with van der Waals surface area (Å²) in [6.07, 6.45) is 3.13. The molecular weight excluding hydrogens is 344 g/mol. The molecule has 3 rings (SSSR count). The highest BCUT2D eigenvalue weighted by molar-refractivity contribution is 7.99. The zero-order chi connectivity index (χ0) is 15.9. The Morgan fingerprint density at radius 3 is 2.71 bits per heavy atom. The SMILES string of the molecule is Cl.Cn1cccc1CNCCCSc1nnnn1-c1ccccc1. The molecule has 0 atom stereocenters. The van der Waals surface area contributed by atoms with E-state index in [2.05, 4.69) is 50.8 Å². The van der Waals surface area contributed by atoms with Crippen LogP contribution in [-0.4, -0.2) is 37.1 Å². The van der Waals surface area contributed by atoms with Crippen molar-refractivity contribution >= 4 is 24.2 Å². The van der Waals surface area contributed by atoms with E-state index in [-0.39, 0.29) is 12.4 Å². The zero-order valence-electron chi connectivity index (χ0n) is 13.5. The number of halogens is 1. The lowest BCUT2D eigenvalue weighted by atomic mass is 10.3. The molecule has 0 aliphatic heterocycles. The number of nitrogens with zero attached hydrogens (tertiary/aromatic N) is 5. The first-order chi connectivity index (χ1) is 11.3. The fourth-order valence-corrected chi connectivity index (χ4v) is 3.09. The van der Waals surface area contributed by atoms with E-state index in [0.29, 0.717) is 0 Å². The van der Waals surface area contributed by atoms with Gasteiger partial charge in [0.2, 0.25) is 5.16 Å². The van der Waals surface area contributed by atoms with E-state index in [1.165, 1.54) is 5.69 Å². The Bertz CT molecular complexity index is 727. The van der Waals surface area contributed by atoms with Crippen LogP contribution in [0, 0.1) is 0 Å². The second kappa shape index (κ2) is 9.46. The summed E-state index contributed by atoms with van der Waals surface area (Å²) < 4.78 is 3.91. The van der Waals surface area contributed by atoms with Gasteiger partial charge in [0.15, 0.2) is 0 Å². The molecule has 0 amide bonds. The van der Waals surface area contributed by atoms with Crippen molar-refractivity contribution < 1.29 is 0 Å². The maximum absolute atomic E-state index is 4.10. The molecule has 0 bridgehead atoms. The van der Waals surface area contributed by atoms with Gasteiger partial charge in [0, 0.05) is 31.2 Å². The molecule has 0 unspecified atom stereocenters. The molecule has 1 N–H and O–H groups in total. The summed E-state index contributed by atoms with van der Waals surface area (Å²) >= 11 is 1.68. The van der Waals surface area contributed by atoms with Gasteiger partial charge >= 0.3 is 0 Å². The van der Waals surface area contributed by atoms with Crippen LogP contribution in [0.4, 0.5) is 0 Å². The standard InChI is InChI=1S/C16H20N6S.ClH/c1-21-11-5-9-15(21)13-17-10-6-12-23-16-18-19-20-22(16)14-7-3-2-4-8-14;/h2-5,7-9,11,17H,6,10,12-13H2,1H3;1H. The summed E-state index contributed by atoms with van der Waals surface area (Å²) in [5.41, 5.74) is 2.28. The molecule has 3 aromatic rings. The van der Waals surface area contributed by atoms with Gasteiger partial charge in [-0.2, -0.15) is 4.68 Å². The van der Waals surface area contributed by atoms with E-state index in [9.17, 15) is 0 Å². The molecule has 0 saturated carbocycles. The number of hydrogen-bond donors (Lipinski definition) is 1. The molecule has 128 valence electrons. The Kier molecular flexibility index (Phi) is 7.30. The first-order valence-corrected chi connectivity index (χ1v) is 8.60. The summed E-state index contributed by atoms with van der Waals surface area (Å²) in [5, 5.41) is 16.2. The average molecular weight is 365 g/mol.